The smallest absolute Gasteiger partial charge is 0.328 e. The number of nitrogens with one attached hydrogen (secondary N) is 1. The lowest BCUT2D eigenvalue weighted by Crippen LogP contribution is -2.14. The van der Waals surface area contributed by atoms with Crippen molar-refractivity contribution in [2.24, 2.45) is 0 Å². The number of carbonyl (C=O) groups is 2. The van der Waals surface area contributed by atoms with E-state index in [0.29, 0.717) is 11.3 Å². The van der Waals surface area contributed by atoms with E-state index in [0.717, 1.165) is 17.2 Å². The Hall–Kier alpha value is -3.73. The van der Waals surface area contributed by atoms with Crippen LogP contribution in [-0.4, -0.2) is 17.0 Å². The Morgan fingerprint density at radius 2 is 1.67 bits per heavy atom. The van der Waals surface area contributed by atoms with E-state index in [1.54, 1.807) is 30.3 Å². The maximum atomic E-state index is 14.2. The molecular weight excluding hydrogens is 345 g/mol. The summed E-state index contributed by atoms with van der Waals surface area (Å²) in [6.07, 6.45) is 2.42. The molecule has 0 saturated heterocycles. The Bertz CT molecular complexity index is 1010. The molecule has 0 radical (unpaired) electrons. The number of hydrogen-bond acceptors (Lipinski definition) is 2. The number of benzene rings is 3. The van der Waals surface area contributed by atoms with Crippen LogP contribution in [0.25, 0.3) is 17.2 Å². The normalized spacial score (nSPS) is 10.7. The average molecular weight is 361 g/mol. The maximum Gasteiger partial charge on any atom is 0.328 e. The molecule has 3 aromatic carbocycles. The van der Waals surface area contributed by atoms with E-state index < -0.39 is 17.7 Å². The van der Waals surface area contributed by atoms with E-state index in [1.807, 2.05) is 30.3 Å². The van der Waals surface area contributed by atoms with Crippen molar-refractivity contribution >= 4 is 23.6 Å². The monoisotopic (exact) mass is 361 g/mol. The van der Waals surface area contributed by atoms with Crippen molar-refractivity contribution in [1.29, 1.82) is 0 Å². The molecule has 0 aliphatic rings. The predicted molar refractivity (Wildman–Crippen MR) is 103 cm³/mol. The minimum absolute atomic E-state index is 0.0668. The highest BCUT2D eigenvalue weighted by Gasteiger charge is 2.13. The molecule has 0 atom stereocenters. The molecule has 2 N–H and O–H groups in total. The molecule has 3 aromatic rings. The first-order valence-electron chi connectivity index (χ1n) is 8.20. The van der Waals surface area contributed by atoms with Crippen LogP contribution in [0, 0.1) is 5.82 Å². The number of carbonyl (C=O) groups excluding carboxylic acids is 1. The zero-order valence-corrected chi connectivity index (χ0v) is 14.2. The van der Waals surface area contributed by atoms with Gasteiger partial charge in [-0.3, -0.25) is 4.79 Å². The van der Waals surface area contributed by atoms with E-state index >= 15 is 0 Å². The molecule has 0 saturated carbocycles. The van der Waals surface area contributed by atoms with Crippen LogP contribution in [-0.2, 0) is 4.79 Å². The van der Waals surface area contributed by atoms with E-state index in [9.17, 15) is 14.0 Å². The summed E-state index contributed by atoms with van der Waals surface area (Å²) in [6, 6.07) is 20.4. The summed E-state index contributed by atoms with van der Waals surface area (Å²) in [5, 5.41) is 11.3. The summed E-state index contributed by atoms with van der Waals surface area (Å²) < 4.78 is 14.2. The molecule has 0 fully saturated rings. The van der Waals surface area contributed by atoms with Crippen LogP contribution in [0.2, 0.25) is 0 Å². The van der Waals surface area contributed by atoms with Crippen molar-refractivity contribution in [3.8, 4) is 11.1 Å². The Kier molecular flexibility index (Phi) is 5.42. The molecular formula is C22H16FNO3. The molecule has 0 unspecified atom stereocenters. The van der Waals surface area contributed by atoms with Crippen LogP contribution in [0.15, 0.2) is 78.9 Å². The van der Waals surface area contributed by atoms with E-state index in [4.69, 9.17) is 5.11 Å². The van der Waals surface area contributed by atoms with Crippen LogP contribution in [0.1, 0.15) is 15.9 Å². The number of halogens is 1. The number of anilines is 1. The molecule has 134 valence electrons. The van der Waals surface area contributed by atoms with Gasteiger partial charge in [0.2, 0.25) is 0 Å². The lowest BCUT2D eigenvalue weighted by Gasteiger charge is -2.09. The summed E-state index contributed by atoms with van der Waals surface area (Å²) >= 11 is 0. The largest absolute Gasteiger partial charge is 0.478 e. The highest BCUT2D eigenvalue weighted by atomic mass is 19.1. The van der Waals surface area contributed by atoms with Gasteiger partial charge in [0.1, 0.15) is 5.82 Å². The van der Waals surface area contributed by atoms with Crippen molar-refractivity contribution in [2.45, 2.75) is 0 Å². The second kappa shape index (κ2) is 8.10. The third-order valence-corrected chi connectivity index (χ3v) is 3.88. The second-order valence-electron chi connectivity index (χ2n) is 5.81. The van der Waals surface area contributed by atoms with Crippen LogP contribution in [0.5, 0.6) is 0 Å². The molecule has 0 bridgehead atoms. The van der Waals surface area contributed by atoms with Gasteiger partial charge in [0.25, 0.3) is 5.91 Å². The van der Waals surface area contributed by atoms with Gasteiger partial charge in [-0.2, -0.15) is 0 Å². The molecule has 0 aliphatic heterocycles. The number of aliphatic carboxylic acids is 1. The second-order valence-corrected chi connectivity index (χ2v) is 5.81. The van der Waals surface area contributed by atoms with Crippen LogP contribution < -0.4 is 5.32 Å². The molecule has 0 aromatic heterocycles. The van der Waals surface area contributed by atoms with Gasteiger partial charge in [-0.15, -0.1) is 0 Å². The van der Waals surface area contributed by atoms with Gasteiger partial charge in [-0.25, -0.2) is 9.18 Å². The molecule has 1 amide bonds. The van der Waals surface area contributed by atoms with Gasteiger partial charge < -0.3 is 10.4 Å². The van der Waals surface area contributed by atoms with Crippen LogP contribution in [0.3, 0.4) is 0 Å². The topological polar surface area (TPSA) is 66.4 Å². The minimum Gasteiger partial charge on any atom is -0.478 e. The van der Waals surface area contributed by atoms with Crippen molar-refractivity contribution in [3.63, 3.8) is 0 Å². The van der Waals surface area contributed by atoms with Crippen LogP contribution in [0.4, 0.5) is 10.1 Å². The van der Waals surface area contributed by atoms with Gasteiger partial charge >= 0.3 is 5.97 Å². The van der Waals surface area contributed by atoms with Gasteiger partial charge in [0, 0.05) is 11.8 Å². The lowest BCUT2D eigenvalue weighted by atomic mass is 10.0. The van der Waals surface area contributed by atoms with Crippen molar-refractivity contribution in [3.05, 3.63) is 95.8 Å². The van der Waals surface area contributed by atoms with Crippen molar-refractivity contribution < 1.29 is 19.1 Å². The Morgan fingerprint density at radius 1 is 0.889 bits per heavy atom. The number of carboxylic acids is 1. The first-order valence-corrected chi connectivity index (χ1v) is 8.20. The summed E-state index contributed by atoms with van der Waals surface area (Å²) in [4.78, 5) is 23.1. The summed E-state index contributed by atoms with van der Waals surface area (Å²) in [5.41, 5.74) is 2.60. The van der Waals surface area contributed by atoms with Gasteiger partial charge in [-0.05, 0) is 47.0 Å². The van der Waals surface area contributed by atoms with E-state index in [-0.39, 0.29) is 5.56 Å². The Labute approximate surface area is 155 Å². The molecule has 5 heteroatoms. The third kappa shape index (κ3) is 4.67. The van der Waals surface area contributed by atoms with E-state index in [2.05, 4.69) is 5.32 Å². The zero-order valence-electron chi connectivity index (χ0n) is 14.2. The number of rotatable bonds is 5. The molecule has 27 heavy (non-hydrogen) atoms. The molecule has 0 heterocycles. The SMILES string of the molecule is O=C(O)C=Cc1cccc(NC(=O)c2cc(-c3ccccc3)ccc2F)c1. The van der Waals surface area contributed by atoms with Crippen molar-refractivity contribution in [2.75, 3.05) is 5.32 Å². The van der Waals surface area contributed by atoms with Gasteiger partial charge in [0.15, 0.2) is 0 Å². The van der Waals surface area contributed by atoms with Crippen molar-refractivity contribution in [1.82, 2.24) is 0 Å². The first-order chi connectivity index (χ1) is 13.0. The minimum atomic E-state index is -1.07. The predicted octanol–water partition coefficient (Wildman–Crippen LogP) is 4.84. The standard InChI is InChI=1S/C22H16FNO3/c23-20-11-10-17(16-6-2-1-3-7-16)14-19(20)22(27)24-18-8-4-5-15(13-18)9-12-21(25)26/h1-14H,(H,24,27)(H,25,26). The van der Waals surface area contributed by atoms with Crippen LogP contribution >= 0.6 is 0 Å². The summed E-state index contributed by atoms with van der Waals surface area (Å²) in [5.74, 6) is -2.26. The number of carboxylic acid groups (broad SMARTS) is 1. The summed E-state index contributed by atoms with van der Waals surface area (Å²) in [7, 11) is 0. The first kappa shape index (κ1) is 18.1. The highest BCUT2D eigenvalue weighted by Crippen LogP contribution is 2.23. The van der Waals surface area contributed by atoms with Gasteiger partial charge in [0.05, 0.1) is 5.56 Å². The summed E-state index contributed by atoms with van der Waals surface area (Å²) in [6.45, 7) is 0. The quantitative estimate of drug-likeness (QED) is 0.639. The molecule has 0 spiro atoms. The Morgan fingerprint density at radius 3 is 2.41 bits per heavy atom. The lowest BCUT2D eigenvalue weighted by molar-refractivity contribution is -0.131. The van der Waals surface area contributed by atoms with E-state index in [1.165, 1.54) is 18.2 Å². The number of amides is 1. The maximum absolute atomic E-state index is 14.2. The fourth-order valence-corrected chi connectivity index (χ4v) is 2.60. The fourth-order valence-electron chi connectivity index (χ4n) is 2.60. The molecule has 0 aliphatic carbocycles. The van der Waals surface area contributed by atoms with Gasteiger partial charge in [-0.1, -0.05) is 48.5 Å². The zero-order chi connectivity index (χ0) is 19.2. The average Bonchev–Trinajstić information content (AvgIpc) is 2.67. The number of hydrogen-bond donors (Lipinski definition) is 2. The molecule has 4 nitrogen and oxygen atoms in total. The molecule has 3 rings (SSSR count). The Balaban J connectivity index is 1.84. The highest BCUT2D eigenvalue weighted by molar-refractivity contribution is 6.05. The fraction of sp³-hybridized carbons (Fsp3) is 0. The third-order valence-electron chi connectivity index (χ3n) is 3.88.